The Labute approximate surface area is 173 Å². The van der Waals surface area contributed by atoms with Crippen LogP contribution in [0.2, 0.25) is 5.02 Å². The summed E-state index contributed by atoms with van der Waals surface area (Å²) in [5.41, 5.74) is 2.25. The van der Waals surface area contributed by atoms with Gasteiger partial charge in [-0.05, 0) is 49.4 Å². The Balaban J connectivity index is 1.60. The van der Waals surface area contributed by atoms with Crippen molar-refractivity contribution in [1.82, 2.24) is 14.7 Å². The summed E-state index contributed by atoms with van der Waals surface area (Å²) >= 11 is 7.77. The van der Waals surface area contributed by atoms with Crippen LogP contribution in [0.25, 0.3) is 5.69 Å². The summed E-state index contributed by atoms with van der Waals surface area (Å²) in [4.78, 5) is 16.4. The third-order valence-electron chi connectivity index (χ3n) is 4.96. The van der Waals surface area contributed by atoms with Crippen molar-refractivity contribution < 1.29 is 9.53 Å². The smallest absolute Gasteiger partial charge is 0.257 e. The molecule has 3 heterocycles. The van der Waals surface area contributed by atoms with Gasteiger partial charge in [-0.25, -0.2) is 4.68 Å². The fourth-order valence-corrected chi connectivity index (χ4v) is 4.41. The van der Waals surface area contributed by atoms with Crippen LogP contribution in [-0.4, -0.2) is 39.8 Å². The van der Waals surface area contributed by atoms with Gasteiger partial charge in [0.1, 0.15) is 0 Å². The zero-order chi connectivity index (χ0) is 19.5. The fourth-order valence-electron chi connectivity index (χ4n) is 3.50. The van der Waals surface area contributed by atoms with Crippen LogP contribution < -0.4 is 0 Å². The molecule has 1 aliphatic heterocycles. The maximum atomic E-state index is 13.4. The van der Waals surface area contributed by atoms with Crippen molar-refractivity contribution >= 4 is 28.8 Å². The Morgan fingerprint density at radius 2 is 2.29 bits per heavy atom. The molecule has 0 aliphatic carbocycles. The van der Waals surface area contributed by atoms with Crippen molar-refractivity contribution in [2.24, 2.45) is 0 Å². The van der Waals surface area contributed by atoms with Gasteiger partial charge in [0.05, 0.1) is 35.8 Å². The first kappa shape index (κ1) is 19.2. The number of hydrogen-bond donors (Lipinski definition) is 0. The van der Waals surface area contributed by atoms with Gasteiger partial charge in [-0.15, -0.1) is 11.3 Å². The summed E-state index contributed by atoms with van der Waals surface area (Å²) in [6.45, 7) is 3.87. The summed E-state index contributed by atoms with van der Waals surface area (Å²) in [6, 6.07) is 11.5. The van der Waals surface area contributed by atoms with Crippen molar-refractivity contribution in [1.29, 1.82) is 0 Å². The topological polar surface area (TPSA) is 47.4 Å². The highest BCUT2D eigenvalue weighted by Crippen LogP contribution is 2.22. The van der Waals surface area contributed by atoms with E-state index < -0.39 is 0 Å². The molecule has 0 spiro atoms. The van der Waals surface area contributed by atoms with E-state index in [0.29, 0.717) is 23.7 Å². The van der Waals surface area contributed by atoms with Crippen LogP contribution in [0.3, 0.4) is 0 Å². The summed E-state index contributed by atoms with van der Waals surface area (Å²) in [6.07, 6.45) is 3.80. The van der Waals surface area contributed by atoms with E-state index in [1.54, 1.807) is 22.2 Å². The highest BCUT2D eigenvalue weighted by Gasteiger charge is 2.26. The molecule has 1 aliphatic rings. The molecule has 7 heteroatoms. The molecule has 1 aromatic carbocycles. The van der Waals surface area contributed by atoms with Crippen LogP contribution in [0.4, 0.5) is 0 Å². The van der Waals surface area contributed by atoms with E-state index in [1.165, 1.54) is 0 Å². The van der Waals surface area contributed by atoms with Gasteiger partial charge in [0.2, 0.25) is 0 Å². The van der Waals surface area contributed by atoms with Gasteiger partial charge in [0, 0.05) is 23.1 Å². The normalized spacial score (nSPS) is 16.4. The highest BCUT2D eigenvalue weighted by molar-refractivity contribution is 7.09. The lowest BCUT2D eigenvalue weighted by atomic mass is 10.2. The van der Waals surface area contributed by atoms with Crippen molar-refractivity contribution in [2.45, 2.75) is 32.4 Å². The molecular weight excluding hydrogens is 394 g/mol. The first-order chi connectivity index (χ1) is 13.6. The van der Waals surface area contributed by atoms with E-state index in [9.17, 15) is 4.79 Å². The van der Waals surface area contributed by atoms with Gasteiger partial charge in [0.15, 0.2) is 0 Å². The molecule has 1 unspecified atom stereocenters. The Bertz CT molecular complexity index is 948. The van der Waals surface area contributed by atoms with Crippen molar-refractivity contribution in [2.75, 3.05) is 13.2 Å². The van der Waals surface area contributed by atoms with Crippen LogP contribution in [0.1, 0.15) is 33.8 Å². The highest BCUT2D eigenvalue weighted by atomic mass is 35.5. The number of carbonyl (C=O) groups excluding carboxylic acids is 1. The SMILES string of the molecule is Cc1c(C(=O)N(Cc2cccs2)CC2CCCO2)cnn1-c1cccc(Cl)c1. The number of rotatable bonds is 6. The number of hydrogen-bond acceptors (Lipinski definition) is 4. The number of nitrogens with zero attached hydrogens (tertiary/aromatic N) is 3. The molecule has 0 radical (unpaired) electrons. The first-order valence-electron chi connectivity index (χ1n) is 9.35. The van der Waals surface area contributed by atoms with Crippen LogP contribution in [-0.2, 0) is 11.3 Å². The number of thiophene rings is 1. The second-order valence-electron chi connectivity index (χ2n) is 6.94. The fraction of sp³-hybridized carbons (Fsp3) is 0.333. The number of aromatic nitrogens is 2. The molecule has 1 atom stereocenters. The molecule has 146 valence electrons. The number of carbonyl (C=O) groups is 1. The quantitative estimate of drug-likeness (QED) is 0.585. The lowest BCUT2D eigenvalue weighted by Crippen LogP contribution is -2.37. The maximum absolute atomic E-state index is 13.4. The predicted octanol–water partition coefficient (Wildman–Crippen LogP) is 4.72. The standard InChI is InChI=1S/C21H22ClN3O2S/c1-15-20(12-23-25(15)17-6-2-5-16(22)11-17)21(26)24(13-18-7-3-9-27-18)14-19-8-4-10-28-19/h2,4-6,8,10-12,18H,3,7,9,13-14H2,1H3. The molecular formula is C21H22ClN3O2S. The second kappa shape index (κ2) is 8.47. The average Bonchev–Trinajstić information content (AvgIpc) is 3.43. The number of ether oxygens (including phenoxy) is 1. The van der Waals surface area contributed by atoms with Crippen molar-refractivity contribution in [3.05, 3.63) is 69.1 Å². The molecule has 2 aromatic heterocycles. The molecule has 1 saturated heterocycles. The monoisotopic (exact) mass is 415 g/mol. The number of halogens is 1. The predicted molar refractivity (Wildman–Crippen MR) is 111 cm³/mol. The van der Waals surface area contributed by atoms with E-state index in [-0.39, 0.29) is 12.0 Å². The molecule has 5 nitrogen and oxygen atoms in total. The minimum atomic E-state index is -0.0188. The van der Waals surface area contributed by atoms with E-state index in [0.717, 1.165) is 35.7 Å². The van der Waals surface area contributed by atoms with Crippen LogP contribution in [0.5, 0.6) is 0 Å². The van der Waals surface area contributed by atoms with Gasteiger partial charge in [-0.2, -0.15) is 5.10 Å². The lowest BCUT2D eigenvalue weighted by Gasteiger charge is -2.25. The largest absolute Gasteiger partial charge is 0.376 e. The van der Waals surface area contributed by atoms with E-state index >= 15 is 0 Å². The molecule has 1 amide bonds. The number of benzene rings is 1. The summed E-state index contributed by atoms with van der Waals surface area (Å²) in [5.74, 6) is -0.0188. The number of amides is 1. The van der Waals surface area contributed by atoms with Gasteiger partial charge >= 0.3 is 0 Å². The third kappa shape index (κ3) is 4.14. The molecule has 0 saturated carbocycles. The molecule has 0 bridgehead atoms. The summed E-state index contributed by atoms with van der Waals surface area (Å²) in [7, 11) is 0. The van der Waals surface area contributed by atoms with Crippen LogP contribution in [0, 0.1) is 6.92 Å². The molecule has 1 fully saturated rings. The van der Waals surface area contributed by atoms with Crippen LogP contribution in [0.15, 0.2) is 48.0 Å². The van der Waals surface area contributed by atoms with Crippen molar-refractivity contribution in [3.63, 3.8) is 0 Å². The summed E-state index contributed by atoms with van der Waals surface area (Å²) in [5, 5.41) is 7.11. The van der Waals surface area contributed by atoms with Crippen LogP contribution >= 0.6 is 22.9 Å². The first-order valence-corrected chi connectivity index (χ1v) is 10.6. The van der Waals surface area contributed by atoms with Gasteiger partial charge in [0.25, 0.3) is 5.91 Å². The Morgan fingerprint density at radius 1 is 1.39 bits per heavy atom. The van der Waals surface area contributed by atoms with Gasteiger partial charge in [-0.1, -0.05) is 23.7 Å². The van der Waals surface area contributed by atoms with Gasteiger partial charge < -0.3 is 9.64 Å². The third-order valence-corrected chi connectivity index (χ3v) is 6.05. The molecule has 28 heavy (non-hydrogen) atoms. The molecule has 3 aromatic rings. The van der Waals surface area contributed by atoms with E-state index in [4.69, 9.17) is 16.3 Å². The molecule has 0 N–H and O–H groups in total. The zero-order valence-electron chi connectivity index (χ0n) is 15.7. The minimum absolute atomic E-state index is 0.0188. The minimum Gasteiger partial charge on any atom is -0.376 e. The van der Waals surface area contributed by atoms with E-state index in [1.807, 2.05) is 47.5 Å². The Morgan fingerprint density at radius 3 is 3.00 bits per heavy atom. The Hall–Kier alpha value is -2.15. The second-order valence-corrected chi connectivity index (χ2v) is 8.40. The zero-order valence-corrected chi connectivity index (χ0v) is 17.2. The molecule has 4 rings (SSSR count). The van der Waals surface area contributed by atoms with Gasteiger partial charge in [-0.3, -0.25) is 4.79 Å². The Kier molecular flexibility index (Phi) is 5.80. The lowest BCUT2D eigenvalue weighted by molar-refractivity contribution is 0.0509. The summed E-state index contributed by atoms with van der Waals surface area (Å²) < 4.78 is 7.54. The average molecular weight is 416 g/mol. The van der Waals surface area contributed by atoms with Crippen molar-refractivity contribution in [3.8, 4) is 5.69 Å². The van der Waals surface area contributed by atoms with E-state index in [2.05, 4.69) is 11.2 Å². The maximum Gasteiger partial charge on any atom is 0.257 e.